The molecule has 0 unspecified atom stereocenters. The van der Waals surface area contributed by atoms with Crippen LogP contribution in [0.4, 0.5) is 4.39 Å². The maximum Gasteiger partial charge on any atom is 0.311 e. The third kappa shape index (κ3) is 3.22. The van der Waals surface area contributed by atoms with Crippen LogP contribution in [-0.2, 0) is 4.79 Å². The molecule has 3 nitrogen and oxygen atoms in total. The number of para-hydroxylation sites is 1. The van der Waals surface area contributed by atoms with E-state index >= 15 is 0 Å². The lowest BCUT2D eigenvalue weighted by atomic mass is 10.1. The van der Waals surface area contributed by atoms with Gasteiger partial charge in [-0.05, 0) is 18.1 Å². The highest BCUT2D eigenvalue weighted by atomic mass is 19.1. The lowest BCUT2D eigenvalue weighted by Crippen LogP contribution is -2.12. The predicted molar refractivity (Wildman–Crippen MR) is 58.0 cm³/mol. The standard InChI is InChI=1S/C12H15FO3/c1-8(2)7-11(14)16-12-9(13)5-4-6-10(12)15-3/h4-6,8H,7H2,1-3H3. The fraction of sp³-hybridized carbons (Fsp3) is 0.417. The van der Waals surface area contributed by atoms with Gasteiger partial charge < -0.3 is 9.47 Å². The van der Waals surface area contributed by atoms with Crippen LogP contribution in [0.1, 0.15) is 20.3 Å². The fourth-order valence-electron chi connectivity index (χ4n) is 1.24. The van der Waals surface area contributed by atoms with E-state index in [1.807, 2.05) is 13.8 Å². The molecule has 0 aromatic heterocycles. The molecule has 1 rings (SSSR count). The monoisotopic (exact) mass is 226 g/mol. The van der Waals surface area contributed by atoms with Crippen molar-refractivity contribution in [3.05, 3.63) is 24.0 Å². The van der Waals surface area contributed by atoms with E-state index in [-0.39, 0.29) is 23.8 Å². The maximum atomic E-state index is 13.4. The molecule has 0 saturated heterocycles. The van der Waals surface area contributed by atoms with Crippen molar-refractivity contribution < 1.29 is 18.7 Å². The first-order valence-electron chi connectivity index (χ1n) is 5.07. The van der Waals surface area contributed by atoms with Gasteiger partial charge in [-0.15, -0.1) is 0 Å². The molecule has 0 aliphatic carbocycles. The molecule has 1 aromatic rings. The Morgan fingerprint density at radius 1 is 1.44 bits per heavy atom. The van der Waals surface area contributed by atoms with Crippen molar-refractivity contribution in [1.29, 1.82) is 0 Å². The first kappa shape index (κ1) is 12.5. The number of carbonyl (C=O) groups excluding carboxylic acids is 1. The summed E-state index contributed by atoms with van der Waals surface area (Å²) in [5, 5.41) is 0. The smallest absolute Gasteiger partial charge is 0.311 e. The van der Waals surface area contributed by atoms with Crippen molar-refractivity contribution >= 4 is 5.97 Å². The minimum Gasteiger partial charge on any atom is -0.493 e. The summed E-state index contributed by atoms with van der Waals surface area (Å²) in [5.41, 5.74) is 0. The largest absolute Gasteiger partial charge is 0.493 e. The maximum absolute atomic E-state index is 13.4. The van der Waals surface area contributed by atoms with Crippen molar-refractivity contribution in [1.82, 2.24) is 0 Å². The molecule has 0 bridgehead atoms. The topological polar surface area (TPSA) is 35.5 Å². The van der Waals surface area contributed by atoms with Crippen LogP contribution in [0.15, 0.2) is 18.2 Å². The second-order valence-corrected chi connectivity index (χ2v) is 3.84. The number of hydrogen-bond acceptors (Lipinski definition) is 3. The molecule has 0 aliphatic heterocycles. The van der Waals surface area contributed by atoms with Crippen LogP contribution in [0.5, 0.6) is 11.5 Å². The van der Waals surface area contributed by atoms with Gasteiger partial charge in [0, 0.05) is 6.42 Å². The summed E-state index contributed by atoms with van der Waals surface area (Å²) in [6.07, 6.45) is 0.248. The lowest BCUT2D eigenvalue weighted by Gasteiger charge is -2.10. The van der Waals surface area contributed by atoms with Gasteiger partial charge in [0.25, 0.3) is 0 Å². The highest BCUT2D eigenvalue weighted by Crippen LogP contribution is 2.30. The number of carbonyl (C=O) groups is 1. The van der Waals surface area contributed by atoms with Crippen molar-refractivity contribution in [2.24, 2.45) is 5.92 Å². The van der Waals surface area contributed by atoms with Crippen molar-refractivity contribution in [3.63, 3.8) is 0 Å². The van der Waals surface area contributed by atoms with Gasteiger partial charge in [-0.25, -0.2) is 4.39 Å². The number of rotatable bonds is 4. The molecule has 88 valence electrons. The quantitative estimate of drug-likeness (QED) is 0.585. The van der Waals surface area contributed by atoms with Gasteiger partial charge in [0.1, 0.15) is 0 Å². The minimum absolute atomic E-state index is 0.143. The van der Waals surface area contributed by atoms with Gasteiger partial charge in [0.05, 0.1) is 7.11 Å². The lowest BCUT2D eigenvalue weighted by molar-refractivity contribution is -0.135. The molecule has 16 heavy (non-hydrogen) atoms. The second-order valence-electron chi connectivity index (χ2n) is 3.84. The van der Waals surface area contributed by atoms with Crippen molar-refractivity contribution in [3.8, 4) is 11.5 Å². The number of benzene rings is 1. The number of hydrogen-bond donors (Lipinski definition) is 0. The van der Waals surface area contributed by atoms with Crippen LogP contribution >= 0.6 is 0 Å². The molecular weight excluding hydrogens is 211 g/mol. The highest BCUT2D eigenvalue weighted by Gasteiger charge is 2.15. The third-order valence-electron chi connectivity index (χ3n) is 1.94. The first-order valence-corrected chi connectivity index (χ1v) is 5.07. The van der Waals surface area contributed by atoms with E-state index in [4.69, 9.17) is 9.47 Å². The first-order chi connectivity index (χ1) is 7.54. The van der Waals surface area contributed by atoms with Gasteiger partial charge in [-0.3, -0.25) is 4.79 Å². The average molecular weight is 226 g/mol. The molecule has 0 amide bonds. The number of esters is 1. The Bertz CT molecular complexity index is 375. The van der Waals surface area contributed by atoms with Gasteiger partial charge in [-0.1, -0.05) is 19.9 Å². The van der Waals surface area contributed by atoms with Gasteiger partial charge >= 0.3 is 5.97 Å². The zero-order chi connectivity index (χ0) is 12.1. The second kappa shape index (κ2) is 5.49. The zero-order valence-electron chi connectivity index (χ0n) is 9.62. The van der Waals surface area contributed by atoms with Crippen molar-refractivity contribution in [2.45, 2.75) is 20.3 Å². The summed E-state index contributed by atoms with van der Waals surface area (Å²) in [5.74, 6) is -0.812. The summed E-state index contributed by atoms with van der Waals surface area (Å²) in [6.45, 7) is 3.78. The molecule has 0 fully saturated rings. The summed E-state index contributed by atoms with van der Waals surface area (Å²) in [6, 6.07) is 4.26. The molecule has 1 aromatic carbocycles. The normalized spacial score (nSPS) is 10.3. The van der Waals surface area contributed by atoms with E-state index in [0.717, 1.165) is 0 Å². The minimum atomic E-state index is -0.601. The molecule has 4 heteroatoms. The zero-order valence-corrected chi connectivity index (χ0v) is 9.62. The number of methoxy groups -OCH3 is 1. The molecule has 0 aliphatic rings. The molecule has 0 saturated carbocycles. The summed E-state index contributed by atoms with van der Waals surface area (Å²) in [7, 11) is 1.40. The van der Waals surface area contributed by atoms with E-state index in [9.17, 15) is 9.18 Å². The Hall–Kier alpha value is -1.58. The Morgan fingerprint density at radius 3 is 2.69 bits per heavy atom. The van der Waals surface area contributed by atoms with Crippen LogP contribution in [0.3, 0.4) is 0 Å². The molecular formula is C12H15FO3. The highest BCUT2D eigenvalue weighted by molar-refractivity contribution is 5.73. The Balaban J connectivity index is 2.83. The van der Waals surface area contributed by atoms with Gasteiger partial charge in [-0.2, -0.15) is 0 Å². The van der Waals surface area contributed by atoms with Crippen LogP contribution in [-0.4, -0.2) is 13.1 Å². The average Bonchev–Trinajstić information content (AvgIpc) is 2.20. The summed E-state index contributed by atoms with van der Waals surface area (Å²) in [4.78, 5) is 11.4. The Labute approximate surface area is 94.2 Å². The van der Waals surface area contributed by atoms with Crippen LogP contribution in [0.2, 0.25) is 0 Å². The molecule has 0 N–H and O–H groups in total. The van der Waals surface area contributed by atoms with Gasteiger partial charge in [0.2, 0.25) is 5.75 Å². The molecule has 0 atom stereocenters. The van der Waals surface area contributed by atoms with E-state index < -0.39 is 11.8 Å². The molecule has 0 heterocycles. The third-order valence-corrected chi connectivity index (χ3v) is 1.94. The van der Waals surface area contributed by atoms with E-state index in [1.54, 1.807) is 6.07 Å². The molecule has 0 radical (unpaired) electrons. The van der Waals surface area contributed by atoms with Crippen LogP contribution in [0.25, 0.3) is 0 Å². The van der Waals surface area contributed by atoms with E-state index in [0.29, 0.717) is 0 Å². The summed E-state index contributed by atoms with van der Waals surface area (Å²) < 4.78 is 23.2. The van der Waals surface area contributed by atoms with Crippen molar-refractivity contribution in [2.75, 3.05) is 7.11 Å². The Kier molecular flexibility index (Phi) is 4.28. The van der Waals surface area contributed by atoms with E-state index in [1.165, 1.54) is 19.2 Å². The Morgan fingerprint density at radius 2 is 2.12 bits per heavy atom. The fourth-order valence-corrected chi connectivity index (χ4v) is 1.24. The molecule has 0 spiro atoms. The number of halogens is 1. The summed E-state index contributed by atoms with van der Waals surface area (Å²) >= 11 is 0. The van der Waals surface area contributed by atoms with Crippen LogP contribution in [0, 0.1) is 11.7 Å². The van der Waals surface area contributed by atoms with Gasteiger partial charge in [0.15, 0.2) is 11.6 Å². The van der Waals surface area contributed by atoms with E-state index in [2.05, 4.69) is 0 Å². The number of ether oxygens (including phenoxy) is 2. The SMILES string of the molecule is COc1cccc(F)c1OC(=O)CC(C)C. The van der Waals surface area contributed by atoms with Crippen LogP contribution < -0.4 is 9.47 Å². The predicted octanol–water partition coefficient (Wildman–Crippen LogP) is 2.79.